The smallest absolute Gasteiger partial charge is 0.274 e. The molecular weight excluding hydrogens is 468 g/mol. The number of hydrogen-bond donors (Lipinski definition) is 2. The van der Waals surface area contributed by atoms with E-state index in [-0.39, 0.29) is 18.1 Å². The Morgan fingerprint density at radius 1 is 1.09 bits per heavy atom. The van der Waals surface area contributed by atoms with Gasteiger partial charge in [-0.3, -0.25) is 14.3 Å². The number of benzene rings is 2. The number of hydrogen-bond acceptors (Lipinski definition) is 5. The summed E-state index contributed by atoms with van der Waals surface area (Å²) in [5.41, 5.74) is 3.70. The predicted molar refractivity (Wildman–Crippen MR) is 133 cm³/mol. The van der Waals surface area contributed by atoms with Crippen molar-refractivity contribution in [1.29, 1.82) is 0 Å². The largest absolute Gasteiger partial charge is 0.489 e. The molecule has 0 unspecified atom stereocenters. The molecule has 2 N–H and O–H groups in total. The Labute approximate surface area is 207 Å². The minimum absolute atomic E-state index is 0.117. The Hall–Kier alpha value is -4.04. The van der Waals surface area contributed by atoms with Gasteiger partial charge in [-0.1, -0.05) is 23.7 Å². The maximum atomic E-state index is 12.8. The van der Waals surface area contributed by atoms with E-state index >= 15 is 0 Å². The average Bonchev–Trinajstić information content (AvgIpc) is 3.49. The fraction of sp³-hybridized carbons (Fsp3) is 0.192. The van der Waals surface area contributed by atoms with Crippen LogP contribution >= 0.6 is 11.6 Å². The zero-order valence-corrected chi connectivity index (χ0v) is 20.3. The van der Waals surface area contributed by atoms with Crippen LogP contribution in [-0.4, -0.2) is 21.6 Å². The molecule has 4 aromatic rings. The van der Waals surface area contributed by atoms with Gasteiger partial charge in [0, 0.05) is 23.8 Å². The summed E-state index contributed by atoms with van der Waals surface area (Å²) in [6, 6.07) is 14.4. The quantitative estimate of drug-likeness (QED) is 0.359. The van der Waals surface area contributed by atoms with Crippen molar-refractivity contribution in [3.8, 4) is 5.75 Å². The number of aromatic nitrogens is 2. The first-order valence-corrected chi connectivity index (χ1v) is 11.3. The number of nitrogens with one attached hydrogen (secondary N) is 2. The van der Waals surface area contributed by atoms with Gasteiger partial charge in [-0.2, -0.15) is 5.10 Å². The lowest BCUT2D eigenvalue weighted by molar-refractivity contribution is 0.0943. The first kappa shape index (κ1) is 24.1. The molecular formula is C26H25ClN4O4. The summed E-state index contributed by atoms with van der Waals surface area (Å²) in [5.74, 6) is 0.581. The van der Waals surface area contributed by atoms with Crippen molar-refractivity contribution in [2.75, 3.05) is 5.32 Å². The fourth-order valence-corrected chi connectivity index (χ4v) is 3.62. The van der Waals surface area contributed by atoms with Crippen LogP contribution in [0.25, 0.3) is 0 Å². The van der Waals surface area contributed by atoms with Crippen molar-refractivity contribution in [2.45, 2.75) is 27.0 Å². The van der Waals surface area contributed by atoms with Gasteiger partial charge in [0.05, 0.1) is 18.5 Å². The second kappa shape index (κ2) is 10.5. The molecule has 0 saturated heterocycles. The molecule has 0 radical (unpaired) electrons. The van der Waals surface area contributed by atoms with Crippen LogP contribution in [0.1, 0.15) is 43.3 Å². The minimum Gasteiger partial charge on any atom is -0.489 e. The van der Waals surface area contributed by atoms with Gasteiger partial charge in [-0.15, -0.1) is 0 Å². The van der Waals surface area contributed by atoms with Gasteiger partial charge in [0.25, 0.3) is 11.8 Å². The molecule has 8 nitrogen and oxygen atoms in total. The number of ether oxygens (including phenoxy) is 1. The van der Waals surface area contributed by atoms with Crippen LogP contribution in [0.5, 0.6) is 5.75 Å². The average molecular weight is 493 g/mol. The topological polar surface area (TPSA) is 98.4 Å². The summed E-state index contributed by atoms with van der Waals surface area (Å²) in [4.78, 5) is 25.4. The van der Waals surface area contributed by atoms with E-state index in [0.717, 1.165) is 27.5 Å². The third-order valence-corrected chi connectivity index (χ3v) is 5.92. The molecule has 2 heterocycles. The molecule has 0 fully saturated rings. The predicted octanol–water partition coefficient (Wildman–Crippen LogP) is 5.04. The molecule has 2 aromatic carbocycles. The van der Waals surface area contributed by atoms with E-state index in [1.807, 2.05) is 38.1 Å². The van der Waals surface area contributed by atoms with Crippen LogP contribution in [0.15, 0.2) is 65.4 Å². The number of rotatable bonds is 8. The van der Waals surface area contributed by atoms with E-state index in [9.17, 15) is 9.59 Å². The minimum atomic E-state index is -0.419. The number of nitrogens with zero attached hydrogens (tertiary/aromatic N) is 2. The Kier molecular flexibility index (Phi) is 7.22. The lowest BCUT2D eigenvalue weighted by Gasteiger charge is -2.11. The zero-order chi connectivity index (χ0) is 24.9. The highest BCUT2D eigenvalue weighted by molar-refractivity contribution is 6.32. The lowest BCUT2D eigenvalue weighted by atomic mass is 10.1. The van der Waals surface area contributed by atoms with E-state index in [4.69, 9.17) is 20.8 Å². The van der Waals surface area contributed by atoms with Crippen molar-refractivity contribution in [3.63, 3.8) is 0 Å². The number of amides is 2. The van der Waals surface area contributed by atoms with Crippen molar-refractivity contribution in [1.82, 2.24) is 15.1 Å². The van der Waals surface area contributed by atoms with Crippen LogP contribution in [0.2, 0.25) is 5.02 Å². The SMILES string of the molecule is Cc1cc(OCc2ccc(C(=O)Nc3cn(C)nc3C(=O)NCc3ccco3)cc2)cc(C)c1Cl. The standard InChI is InChI=1S/C26H25ClN4O4/c1-16-11-21(12-17(2)23(16)27)35-15-18-6-8-19(9-7-18)25(32)29-22-14-31(3)30-24(22)26(33)28-13-20-5-4-10-34-20/h4-12,14H,13,15H2,1-3H3,(H,28,33)(H,29,32). The molecule has 0 atom stereocenters. The molecule has 0 spiro atoms. The third kappa shape index (κ3) is 5.91. The zero-order valence-electron chi connectivity index (χ0n) is 19.6. The molecule has 2 aromatic heterocycles. The third-order valence-electron chi connectivity index (χ3n) is 5.33. The Morgan fingerprint density at radius 2 is 1.80 bits per heavy atom. The fourth-order valence-electron chi connectivity index (χ4n) is 3.51. The van der Waals surface area contributed by atoms with E-state index in [2.05, 4.69) is 15.7 Å². The second-order valence-electron chi connectivity index (χ2n) is 8.14. The summed E-state index contributed by atoms with van der Waals surface area (Å²) in [6.45, 7) is 4.44. The van der Waals surface area contributed by atoms with Crippen LogP contribution in [0.3, 0.4) is 0 Å². The highest BCUT2D eigenvalue weighted by atomic mass is 35.5. The molecule has 0 saturated carbocycles. The number of carbonyl (C=O) groups excluding carboxylic acids is 2. The van der Waals surface area contributed by atoms with Gasteiger partial charge in [0.2, 0.25) is 0 Å². The Morgan fingerprint density at radius 3 is 2.46 bits per heavy atom. The summed E-state index contributed by atoms with van der Waals surface area (Å²) in [5, 5.41) is 10.4. The summed E-state index contributed by atoms with van der Waals surface area (Å²) >= 11 is 6.21. The summed E-state index contributed by atoms with van der Waals surface area (Å²) in [7, 11) is 1.68. The second-order valence-corrected chi connectivity index (χ2v) is 8.52. The number of furan rings is 1. The summed E-state index contributed by atoms with van der Waals surface area (Å²) < 4.78 is 12.6. The molecule has 2 amide bonds. The van der Waals surface area contributed by atoms with Gasteiger partial charge >= 0.3 is 0 Å². The normalized spacial score (nSPS) is 10.7. The molecule has 0 aliphatic heterocycles. The van der Waals surface area contributed by atoms with Gasteiger partial charge in [-0.05, 0) is 66.9 Å². The van der Waals surface area contributed by atoms with E-state index in [1.165, 1.54) is 10.9 Å². The van der Waals surface area contributed by atoms with Crippen molar-refractivity contribution < 1.29 is 18.7 Å². The lowest BCUT2D eigenvalue weighted by Crippen LogP contribution is -2.25. The van der Waals surface area contributed by atoms with Gasteiger partial charge < -0.3 is 19.8 Å². The first-order valence-electron chi connectivity index (χ1n) is 10.9. The maximum absolute atomic E-state index is 12.8. The van der Waals surface area contributed by atoms with E-state index in [0.29, 0.717) is 23.6 Å². The number of halogens is 1. The summed E-state index contributed by atoms with van der Waals surface area (Å²) in [6.07, 6.45) is 3.11. The van der Waals surface area contributed by atoms with Crippen LogP contribution in [0, 0.1) is 13.8 Å². The number of anilines is 1. The monoisotopic (exact) mass is 492 g/mol. The van der Waals surface area contributed by atoms with Crippen LogP contribution in [-0.2, 0) is 20.2 Å². The highest BCUT2D eigenvalue weighted by Gasteiger charge is 2.19. The number of carbonyl (C=O) groups is 2. The Bertz CT molecular complexity index is 1320. The first-order chi connectivity index (χ1) is 16.8. The van der Waals surface area contributed by atoms with E-state index < -0.39 is 5.91 Å². The molecule has 9 heteroatoms. The molecule has 0 bridgehead atoms. The van der Waals surface area contributed by atoms with Gasteiger partial charge in [-0.25, -0.2) is 0 Å². The molecule has 180 valence electrons. The molecule has 35 heavy (non-hydrogen) atoms. The molecule has 0 aliphatic carbocycles. The van der Waals surface area contributed by atoms with Gasteiger partial charge in [0.1, 0.15) is 18.1 Å². The van der Waals surface area contributed by atoms with Crippen molar-refractivity contribution in [3.05, 3.63) is 99.7 Å². The van der Waals surface area contributed by atoms with Crippen molar-refractivity contribution in [2.24, 2.45) is 7.05 Å². The van der Waals surface area contributed by atoms with Crippen molar-refractivity contribution >= 4 is 29.1 Å². The Balaban J connectivity index is 1.37. The maximum Gasteiger partial charge on any atom is 0.274 e. The van der Waals surface area contributed by atoms with Gasteiger partial charge in [0.15, 0.2) is 5.69 Å². The highest BCUT2D eigenvalue weighted by Crippen LogP contribution is 2.26. The van der Waals surface area contributed by atoms with Crippen LogP contribution < -0.4 is 15.4 Å². The number of aryl methyl sites for hydroxylation is 3. The molecule has 4 rings (SSSR count). The molecule has 0 aliphatic rings. The van der Waals surface area contributed by atoms with Crippen LogP contribution in [0.4, 0.5) is 5.69 Å². The van der Waals surface area contributed by atoms with E-state index in [1.54, 1.807) is 37.5 Å².